The minimum absolute atomic E-state index is 0.213. The molecule has 2 aromatic rings. The molecule has 2 heterocycles. The van der Waals surface area contributed by atoms with E-state index in [1.54, 1.807) is 24.1 Å². The minimum atomic E-state index is -0.473. The molecule has 0 aromatic carbocycles. The normalized spacial score (nSPS) is 11.7. The quantitative estimate of drug-likeness (QED) is 0.797. The van der Waals surface area contributed by atoms with Crippen molar-refractivity contribution in [3.8, 4) is 11.4 Å². The highest BCUT2D eigenvalue weighted by atomic mass is 16.5. The van der Waals surface area contributed by atoms with Crippen LogP contribution in [0.3, 0.4) is 0 Å². The van der Waals surface area contributed by atoms with E-state index >= 15 is 0 Å². The monoisotopic (exact) mass is 277 g/mol. The summed E-state index contributed by atoms with van der Waals surface area (Å²) in [5.41, 5.74) is 1.30. The Balaban J connectivity index is 2.64. The SMILES string of the molecule is CCOC(=O)c1nnn(C(C)(C)C)c1-c1cncn1C. The molecule has 0 aliphatic carbocycles. The maximum absolute atomic E-state index is 12.0. The van der Waals surface area contributed by atoms with Gasteiger partial charge in [0.05, 0.1) is 30.4 Å². The van der Waals surface area contributed by atoms with Gasteiger partial charge in [-0.3, -0.25) is 0 Å². The number of nitrogens with zero attached hydrogens (tertiary/aromatic N) is 5. The van der Waals surface area contributed by atoms with E-state index in [2.05, 4.69) is 15.3 Å². The van der Waals surface area contributed by atoms with Gasteiger partial charge in [0, 0.05) is 7.05 Å². The van der Waals surface area contributed by atoms with Gasteiger partial charge in [0.25, 0.3) is 0 Å². The molecular formula is C13H19N5O2. The van der Waals surface area contributed by atoms with E-state index in [0.29, 0.717) is 12.3 Å². The van der Waals surface area contributed by atoms with Crippen molar-refractivity contribution in [1.29, 1.82) is 0 Å². The topological polar surface area (TPSA) is 74.8 Å². The van der Waals surface area contributed by atoms with Gasteiger partial charge in [-0.05, 0) is 27.7 Å². The maximum Gasteiger partial charge on any atom is 0.361 e. The second-order valence-corrected chi connectivity index (χ2v) is 5.48. The summed E-state index contributed by atoms with van der Waals surface area (Å²) in [4.78, 5) is 16.1. The predicted octanol–water partition coefficient (Wildman–Crippen LogP) is 1.61. The molecule has 0 aliphatic rings. The molecule has 7 nitrogen and oxygen atoms in total. The van der Waals surface area contributed by atoms with E-state index in [4.69, 9.17) is 4.74 Å². The highest BCUT2D eigenvalue weighted by molar-refractivity contribution is 5.93. The number of rotatable bonds is 3. The van der Waals surface area contributed by atoms with Crippen molar-refractivity contribution in [3.63, 3.8) is 0 Å². The Hall–Kier alpha value is -2.18. The standard InChI is InChI=1S/C13H19N5O2/c1-6-20-12(19)10-11(9-7-14-8-17(9)5)18(16-15-10)13(2,3)4/h7-8H,6H2,1-5H3. The smallest absolute Gasteiger partial charge is 0.361 e. The second kappa shape index (κ2) is 5.07. The van der Waals surface area contributed by atoms with Crippen LogP contribution in [0.25, 0.3) is 11.4 Å². The predicted molar refractivity (Wildman–Crippen MR) is 73.2 cm³/mol. The average Bonchev–Trinajstić information content (AvgIpc) is 2.93. The molecule has 0 amide bonds. The Labute approximate surface area is 117 Å². The van der Waals surface area contributed by atoms with Gasteiger partial charge in [-0.15, -0.1) is 5.10 Å². The van der Waals surface area contributed by atoms with Crippen molar-refractivity contribution in [2.45, 2.75) is 33.2 Å². The van der Waals surface area contributed by atoms with Gasteiger partial charge in [-0.2, -0.15) is 0 Å². The molecular weight excluding hydrogens is 258 g/mol. The van der Waals surface area contributed by atoms with Gasteiger partial charge in [0.15, 0.2) is 5.69 Å². The molecule has 20 heavy (non-hydrogen) atoms. The highest BCUT2D eigenvalue weighted by Crippen LogP contribution is 2.27. The Morgan fingerprint density at radius 2 is 2.10 bits per heavy atom. The van der Waals surface area contributed by atoms with Gasteiger partial charge < -0.3 is 9.30 Å². The van der Waals surface area contributed by atoms with Crippen molar-refractivity contribution >= 4 is 5.97 Å². The van der Waals surface area contributed by atoms with Crippen molar-refractivity contribution in [2.75, 3.05) is 6.61 Å². The third-order valence-corrected chi connectivity index (χ3v) is 2.83. The van der Waals surface area contributed by atoms with Crippen LogP contribution < -0.4 is 0 Å². The molecule has 7 heteroatoms. The molecule has 0 bridgehead atoms. The van der Waals surface area contributed by atoms with E-state index in [9.17, 15) is 4.79 Å². The lowest BCUT2D eigenvalue weighted by atomic mass is 10.1. The summed E-state index contributed by atoms with van der Waals surface area (Å²) in [6.45, 7) is 8.05. The molecule has 0 spiro atoms. The fourth-order valence-corrected chi connectivity index (χ4v) is 1.90. The third-order valence-electron chi connectivity index (χ3n) is 2.83. The summed E-state index contributed by atoms with van der Waals surface area (Å²) in [6, 6.07) is 0. The lowest BCUT2D eigenvalue weighted by molar-refractivity contribution is 0.0520. The van der Waals surface area contributed by atoms with Crippen molar-refractivity contribution < 1.29 is 9.53 Å². The number of ether oxygens (including phenoxy) is 1. The van der Waals surface area contributed by atoms with Crippen molar-refractivity contribution in [2.24, 2.45) is 7.05 Å². The van der Waals surface area contributed by atoms with Gasteiger partial charge in [0.1, 0.15) is 5.69 Å². The number of esters is 1. The van der Waals surface area contributed by atoms with E-state index in [1.165, 1.54) is 0 Å². The van der Waals surface area contributed by atoms with Crippen molar-refractivity contribution in [1.82, 2.24) is 24.5 Å². The molecule has 0 fully saturated rings. The van der Waals surface area contributed by atoms with Crippen LogP contribution in [-0.4, -0.2) is 37.1 Å². The largest absolute Gasteiger partial charge is 0.461 e. The maximum atomic E-state index is 12.0. The van der Waals surface area contributed by atoms with Gasteiger partial charge in [-0.25, -0.2) is 14.5 Å². The molecule has 2 aromatic heterocycles. The average molecular weight is 277 g/mol. The van der Waals surface area contributed by atoms with Crippen LogP contribution in [0.2, 0.25) is 0 Å². The van der Waals surface area contributed by atoms with Gasteiger partial charge in [0.2, 0.25) is 0 Å². The first kappa shape index (κ1) is 14.2. The molecule has 0 saturated heterocycles. The number of aromatic nitrogens is 5. The molecule has 0 radical (unpaired) electrons. The Morgan fingerprint density at radius 3 is 2.60 bits per heavy atom. The summed E-state index contributed by atoms with van der Waals surface area (Å²) in [6.07, 6.45) is 3.36. The minimum Gasteiger partial charge on any atom is -0.461 e. The Morgan fingerprint density at radius 1 is 1.40 bits per heavy atom. The van der Waals surface area contributed by atoms with Crippen LogP contribution in [0.1, 0.15) is 38.2 Å². The van der Waals surface area contributed by atoms with Gasteiger partial charge >= 0.3 is 5.97 Å². The fraction of sp³-hybridized carbons (Fsp3) is 0.538. The molecule has 0 atom stereocenters. The molecule has 108 valence electrons. The second-order valence-electron chi connectivity index (χ2n) is 5.48. The third kappa shape index (κ3) is 2.43. The number of hydrogen-bond donors (Lipinski definition) is 0. The lowest BCUT2D eigenvalue weighted by Gasteiger charge is -2.21. The Kier molecular flexibility index (Phi) is 3.61. The van der Waals surface area contributed by atoms with E-state index in [0.717, 1.165) is 5.69 Å². The van der Waals surface area contributed by atoms with E-state index in [-0.39, 0.29) is 11.2 Å². The highest BCUT2D eigenvalue weighted by Gasteiger charge is 2.29. The Bertz CT molecular complexity index is 621. The molecule has 0 saturated carbocycles. The van der Waals surface area contributed by atoms with Crippen LogP contribution in [0.15, 0.2) is 12.5 Å². The molecule has 0 N–H and O–H groups in total. The summed E-state index contributed by atoms with van der Waals surface area (Å²) >= 11 is 0. The summed E-state index contributed by atoms with van der Waals surface area (Å²) < 4.78 is 8.59. The van der Waals surface area contributed by atoms with E-state index in [1.807, 2.05) is 32.4 Å². The zero-order valence-electron chi connectivity index (χ0n) is 12.4. The number of carbonyl (C=O) groups is 1. The number of aryl methyl sites for hydroxylation is 1. The summed E-state index contributed by atoms with van der Waals surface area (Å²) in [5, 5.41) is 8.11. The van der Waals surface area contributed by atoms with Crippen LogP contribution in [0.4, 0.5) is 0 Å². The number of hydrogen-bond acceptors (Lipinski definition) is 5. The summed E-state index contributed by atoms with van der Waals surface area (Å²) in [7, 11) is 1.86. The first-order valence-corrected chi connectivity index (χ1v) is 6.46. The number of imidazole rings is 1. The molecule has 0 aliphatic heterocycles. The van der Waals surface area contributed by atoms with Crippen LogP contribution in [-0.2, 0) is 17.3 Å². The van der Waals surface area contributed by atoms with Gasteiger partial charge in [-0.1, -0.05) is 5.21 Å². The first-order chi connectivity index (χ1) is 9.36. The van der Waals surface area contributed by atoms with Crippen LogP contribution in [0, 0.1) is 0 Å². The van der Waals surface area contributed by atoms with Crippen molar-refractivity contribution in [3.05, 3.63) is 18.2 Å². The van der Waals surface area contributed by atoms with E-state index < -0.39 is 5.97 Å². The molecule has 2 rings (SSSR count). The van der Waals surface area contributed by atoms with Crippen LogP contribution >= 0.6 is 0 Å². The fourth-order valence-electron chi connectivity index (χ4n) is 1.90. The lowest BCUT2D eigenvalue weighted by Crippen LogP contribution is -2.25. The first-order valence-electron chi connectivity index (χ1n) is 6.46. The summed E-state index contributed by atoms with van der Waals surface area (Å²) in [5.74, 6) is -0.473. The number of carbonyl (C=O) groups excluding carboxylic acids is 1. The molecule has 0 unspecified atom stereocenters. The zero-order chi connectivity index (χ0) is 14.9. The zero-order valence-corrected chi connectivity index (χ0v) is 12.4. The van der Waals surface area contributed by atoms with Crippen LogP contribution in [0.5, 0.6) is 0 Å².